The van der Waals surface area contributed by atoms with E-state index in [2.05, 4.69) is 5.32 Å². The summed E-state index contributed by atoms with van der Waals surface area (Å²) >= 11 is 2.02. The minimum Gasteiger partial charge on any atom is -0.461 e. The highest BCUT2D eigenvalue weighted by Gasteiger charge is 2.32. The molecule has 0 radical (unpaired) electrons. The van der Waals surface area contributed by atoms with Gasteiger partial charge in [-0.25, -0.2) is 4.39 Å². The number of benzene rings is 1. The van der Waals surface area contributed by atoms with Gasteiger partial charge in [0.15, 0.2) is 0 Å². The second kappa shape index (κ2) is 8.01. The van der Waals surface area contributed by atoms with E-state index in [4.69, 9.17) is 4.74 Å². The molecule has 1 aromatic carbocycles. The van der Waals surface area contributed by atoms with Crippen LogP contribution >= 0.6 is 22.6 Å². The molecule has 1 unspecified atom stereocenters. The van der Waals surface area contributed by atoms with E-state index in [1.54, 1.807) is 30.4 Å². The summed E-state index contributed by atoms with van der Waals surface area (Å²) in [6.07, 6.45) is 6.43. The van der Waals surface area contributed by atoms with E-state index in [9.17, 15) is 19.6 Å². The molecule has 1 saturated carbocycles. The molecule has 7 heteroatoms. The van der Waals surface area contributed by atoms with Crippen molar-refractivity contribution in [3.63, 3.8) is 0 Å². The number of aliphatic hydroxyl groups excluding tert-OH is 1. The first kappa shape index (κ1) is 18.6. The Hall–Kier alpha value is -2.18. The Labute approximate surface area is 164 Å². The highest BCUT2D eigenvalue weighted by atomic mass is 127. The van der Waals surface area contributed by atoms with E-state index in [1.807, 2.05) is 28.7 Å². The Morgan fingerprint density at radius 3 is 2.85 bits per heavy atom. The number of hydrogen-bond acceptors (Lipinski definition) is 5. The second-order valence-corrected chi connectivity index (χ2v) is 7.40. The van der Waals surface area contributed by atoms with Crippen molar-refractivity contribution in [1.29, 1.82) is 5.26 Å². The Balaban J connectivity index is 1.79. The average molecular weight is 466 g/mol. The molecule has 2 aliphatic rings. The molecule has 0 aliphatic heterocycles. The molecular weight excluding hydrogens is 450 g/mol. The van der Waals surface area contributed by atoms with E-state index >= 15 is 0 Å². The van der Waals surface area contributed by atoms with Crippen LogP contribution in [-0.4, -0.2) is 23.3 Å². The number of rotatable bonds is 4. The van der Waals surface area contributed by atoms with E-state index < -0.39 is 23.8 Å². The molecule has 0 saturated heterocycles. The van der Waals surface area contributed by atoms with Crippen LogP contribution in [0.3, 0.4) is 0 Å². The molecule has 2 N–H and O–H groups in total. The van der Waals surface area contributed by atoms with Gasteiger partial charge in [0, 0.05) is 22.1 Å². The van der Waals surface area contributed by atoms with E-state index in [0.717, 1.165) is 3.57 Å². The molecule has 26 heavy (non-hydrogen) atoms. The highest BCUT2D eigenvalue weighted by molar-refractivity contribution is 14.1. The zero-order valence-electron chi connectivity index (χ0n) is 13.7. The third kappa shape index (κ3) is 4.51. The minimum absolute atomic E-state index is 0.251. The summed E-state index contributed by atoms with van der Waals surface area (Å²) in [7, 11) is 0. The standard InChI is InChI=1S/C19H16FIN2O3/c20-17-7-13(21)3-4-18(17)23-14-5-11(10-22)1-2-12(6-14)19(25)26-16-8-15(24)9-16/h1-7,12,15-16,23-24H,8-9H2. The number of nitrogens with one attached hydrogen (secondary N) is 1. The van der Waals surface area contributed by atoms with Crippen molar-refractivity contribution >= 4 is 34.2 Å². The maximum Gasteiger partial charge on any atom is 0.317 e. The molecular formula is C19H16FIN2O3. The van der Waals surface area contributed by atoms with Gasteiger partial charge in [-0.2, -0.15) is 5.26 Å². The Bertz CT molecular complexity index is 851. The molecule has 0 heterocycles. The molecule has 134 valence electrons. The molecule has 0 spiro atoms. The van der Waals surface area contributed by atoms with Gasteiger partial charge in [-0.1, -0.05) is 6.08 Å². The molecule has 3 rings (SSSR count). The number of carbonyl (C=O) groups excluding carboxylic acids is 1. The van der Waals surface area contributed by atoms with Crippen molar-refractivity contribution in [1.82, 2.24) is 0 Å². The van der Waals surface area contributed by atoms with Gasteiger partial charge in [-0.3, -0.25) is 4.79 Å². The summed E-state index contributed by atoms with van der Waals surface area (Å²) in [5.41, 5.74) is 1.02. The third-order valence-corrected chi connectivity index (χ3v) is 4.79. The Morgan fingerprint density at radius 2 is 2.19 bits per heavy atom. The van der Waals surface area contributed by atoms with Crippen molar-refractivity contribution in [3.8, 4) is 6.07 Å². The van der Waals surface area contributed by atoms with Crippen molar-refractivity contribution < 1.29 is 19.0 Å². The lowest BCUT2D eigenvalue weighted by molar-refractivity contribution is -0.160. The van der Waals surface area contributed by atoms with Gasteiger partial charge >= 0.3 is 5.97 Å². The first-order valence-electron chi connectivity index (χ1n) is 8.07. The average Bonchev–Trinajstić information content (AvgIpc) is 2.78. The third-order valence-electron chi connectivity index (χ3n) is 4.12. The predicted molar refractivity (Wildman–Crippen MR) is 102 cm³/mol. The first-order valence-corrected chi connectivity index (χ1v) is 9.15. The quantitative estimate of drug-likeness (QED) is 0.525. The lowest BCUT2D eigenvalue weighted by Gasteiger charge is -2.31. The lowest BCUT2D eigenvalue weighted by Crippen LogP contribution is -2.38. The summed E-state index contributed by atoms with van der Waals surface area (Å²) in [5, 5.41) is 21.4. The van der Waals surface area contributed by atoms with Crippen LogP contribution in [0.1, 0.15) is 12.8 Å². The number of hydrogen-bond donors (Lipinski definition) is 2. The fourth-order valence-electron chi connectivity index (χ4n) is 2.64. The van der Waals surface area contributed by atoms with Crippen LogP contribution in [0.4, 0.5) is 10.1 Å². The monoisotopic (exact) mass is 466 g/mol. The van der Waals surface area contributed by atoms with Gasteiger partial charge < -0.3 is 15.2 Å². The van der Waals surface area contributed by atoms with Gasteiger partial charge in [0.25, 0.3) is 0 Å². The first-order chi connectivity index (χ1) is 12.4. The Morgan fingerprint density at radius 1 is 1.42 bits per heavy atom. The molecule has 1 atom stereocenters. The van der Waals surface area contributed by atoms with Crippen molar-refractivity contribution in [2.75, 3.05) is 5.32 Å². The molecule has 1 fully saturated rings. The molecule has 0 bridgehead atoms. The zero-order valence-corrected chi connectivity index (χ0v) is 15.8. The summed E-state index contributed by atoms with van der Waals surface area (Å²) in [6, 6.07) is 6.77. The molecule has 2 aliphatic carbocycles. The van der Waals surface area contributed by atoms with E-state index in [-0.39, 0.29) is 11.8 Å². The predicted octanol–water partition coefficient (Wildman–Crippen LogP) is 3.43. The molecule has 0 aromatic heterocycles. The number of nitrogens with zero attached hydrogens (tertiary/aromatic N) is 1. The van der Waals surface area contributed by atoms with Crippen LogP contribution in [0.25, 0.3) is 0 Å². The summed E-state index contributed by atoms with van der Waals surface area (Å²) in [6.45, 7) is 0. The van der Waals surface area contributed by atoms with Crippen LogP contribution in [0.15, 0.2) is 53.8 Å². The maximum atomic E-state index is 14.1. The largest absolute Gasteiger partial charge is 0.461 e. The van der Waals surface area contributed by atoms with Crippen LogP contribution in [0.2, 0.25) is 0 Å². The number of anilines is 1. The fraction of sp³-hybridized carbons (Fsp3) is 0.263. The minimum atomic E-state index is -0.704. The smallest absolute Gasteiger partial charge is 0.317 e. The fourth-order valence-corrected chi connectivity index (χ4v) is 3.09. The Kier molecular flexibility index (Phi) is 5.74. The number of esters is 1. The zero-order chi connectivity index (χ0) is 18.7. The van der Waals surface area contributed by atoms with Crippen LogP contribution < -0.4 is 5.32 Å². The van der Waals surface area contributed by atoms with Gasteiger partial charge in [0.2, 0.25) is 0 Å². The molecule has 5 nitrogen and oxygen atoms in total. The van der Waals surface area contributed by atoms with Gasteiger partial charge in [-0.05, 0) is 59.0 Å². The summed E-state index contributed by atoms with van der Waals surface area (Å²) in [4.78, 5) is 12.4. The van der Waals surface area contributed by atoms with Crippen LogP contribution in [0, 0.1) is 26.6 Å². The lowest BCUT2D eigenvalue weighted by atomic mass is 9.92. The van der Waals surface area contributed by atoms with Gasteiger partial charge in [-0.15, -0.1) is 0 Å². The van der Waals surface area contributed by atoms with Crippen molar-refractivity contribution in [2.24, 2.45) is 5.92 Å². The van der Waals surface area contributed by atoms with Crippen molar-refractivity contribution in [2.45, 2.75) is 25.0 Å². The highest BCUT2D eigenvalue weighted by Crippen LogP contribution is 2.26. The molecule has 1 aromatic rings. The maximum absolute atomic E-state index is 14.1. The van der Waals surface area contributed by atoms with E-state index in [0.29, 0.717) is 24.1 Å². The van der Waals surface area contributed by atoms with Crippen molar-refractivity contribution in [3.05, 3.63) is 63.2 Å². The number of ether oxygens (including phenoxy) is 1. The second-order valence-electron chi connectivity index (χ2n) is 6.15. The van der Waals surface area contributed by atoms with Crippen LogP contribution in [-0.2, 0) is 9.53 Å². The van der Waals surface area contributed by atoms with E-state index in [1.165, 1.54) is 12.1 Å². The van der Waals surface area contributed by atoms with Gasteiger partial charge in [0.05, 0.1) is 29.4 Å². The normalized spacial score (nSPS) is 24.5. The number of aliphatic hydroxyl groups is 1. The number of nitriles is 1. The number of halogens is 2. The van der Waals surface area contributed by atoms with Gasteiger partial charge in [0.1, 0.15) is 11.9 Å². The molecule has 0 amide bonds. The number of allylic oxidation sites excluding steroid dienone is 3. The summed E-state index contributed by atoms with van der Waals surface area (Å²) in [5.74, 6) is -1.60. The van der Waals surface area contributed by atoms with Crippen LogP contribution in [0.5, 0.6) is 0 Å². The number of carbonyl (C=O) groups is 1. The SMILES string of the molecule is N#CC1=CC(Nc2ccc(I)cc2F)=CC(C(=O)OC2CC(O)C2)C=C1. The topological polar surface area (TPSA) is 82.4 Å². The summed E-state index contributed by atoms with van der Waals surface area (Å²) < 4.78 is 20.2.